The van der Waals surface area contributed by atoms with Gasteiger partial charge in [-0.3, -0.25) is 4.79 Å². The van der Waals surface area contributed by atoms with Gasteiger partial charge in [0, 0.05) is 7.11 Å². The molecule has 0 heterocycles. The van der Waals surface area contributed by atoms with Gasteiger partial charge in [-0.25, -0.2) is 0 Å². The molecule has 5 heteroatoms. The molecule has 0 bridgehead atoms. The molecule has 0 aliphatic carbocycles. The van der Waals surface area contributed by atoms with Crippen molar-refractivity contribution >= 4 is 5.97 Å². The van der Waals surface area contributed by atoms with Crippen molar-refractivity contribution in [2.45, 2.75) is 38.8 Å². The minimum atomic E-state index is -0.663. The topological polar surface area (TPSA) is 70.8 Å². The van der Waals surface area contributed by atoms with Crippen LogP contribution in [0.3, 0.4) is 0 Å². The molecule has 0 aliphatic heterocycles. The van der Waals surface area contributed by atoms with Crippen LogP contribution in [-0.2, 0) is 20.7 Å². The summed E-state index contributed by atoms with van der Waals surface area (Å²) in [4.78, 5) is 11.8. The Hall–Kier alpha value is -1.59. The summed E-state index contributed by atoms with van der Waals surface area (Å²) in [7, 11) is 1.63. The molecule has 1 rings (SSSR count). The number of carbonyl (C=O) groups excluding carboxylic acids is 1. The lowest BCUT2D eigenvalue weighted by Crippen LogP contribution is -2.38. The zero-order valence-corrected chi connectivity index (χ0v) is 13.2. The average molecular weight is 295 g/mol. The Morgan fingerprint density at radius 3 is 2.33 bits per heavy atom. The number of hydrogen-bond donors (Lipinski definition) is 1. The smallest absolute Gasteiger partial charge is 0.323 e. The summed E-state index contributed by atoms with van der Waals surface area (Å²) in [6.07, 6.45) is 0.438. The van der Waals surface area contributed by atoms with E-state index < -0.39 is 11.6 Å². The minimum Gasteiger partial charge on any atom is -0.491 e. The van der Waals surface area contributed by atoms with Crippen molar-refractivity contribution in [1.29, 1.82) is 0 Å². The van der Waals surface area contributed by atoms with E-state index in [-0.39, 0.29) is 5.97 Å². The van der Waals surface area contributed by atoms with E-state index in [2.05, 4.69) is 0 Å². The molecule has 0 aliphatic rings. The van der Waals surface area contributed by atoms with Crippen molar-refractivity contribution in [3.05, 3.63) is 29.8 Å². The molecule has 2 N–H and O–H groups in total. The van der Waals surface area contributed by atoms with Crippen LogP contribution < -0.4 is 10.5 Å². The predicted octanol–water partition coefficient (Wildman–Crippen LogP) is 1.92. The van der Waals surface area contributed by atoms with Crippen molar-refractivity contribution in [2.75, 3.05) is 20.3 Å². The molecule has 21 heavy (non-hydrogen) atoms. The molecule has 0 fully saturated rings. The van der Waals surface area contributed by atoms with Crippen molar-refractivity contribution in [3.8, 4) is 5.75 Å². The zero-order chi connectivity index (χ0) is 15.9. The summed E-state index contributed by atoms with van der Waals surface area (Å²) in [5.74, 6) is 0.379. The Balaban J connectivity index is 2.49. The van der Waals surface area contributed by atoms with E-state index in [1.165, 1.54) is 0 Å². The first-order valence-electron chi connectivity index (χ1n) is 7.01. The normalized spacial score (nSPS) is 12.8. The Labute approximate surface area is 126 Å². The van der Waals surface area contributed by atoms with E-state index >= 15 is 0 Å². The van der Waals surface area contributed by atoms with Crippen molar-refractivity contribution < 1.29 is 19.0 Å². The fourth-order valence-corrected chi connectivity index (χ4v) is 1.68. The molecule has 0 amide bonds. The number of rotatable bonds is 7. The number of ether oxygens (including phenoxy) is 3. The molecule has 0 unspecified atom stereocenters. The first kappa shape index (κ1) is 17.5. The quantitative estimate of drug-likeness (QED) is 0.615. The van der Waals surface area contributed by atoms with Gasteiger partial charge < -0.3 is 19.9 Å². The van der Waals surface area contributed by atoms with Crippen LogP contribution in [0.1, 0.15) is 26.3 Å². The van der Waals surface area contributed by atoms with Gasteiger partial charge in [0.2, 0.25) is 0 Å². The predicted molar refractivity (Wildman–Crippen MR) is 81.3 cm³/mol. The average Bonchev–Trinajstić information content (AvgIpc) is 2.39. The fourth-order valence-electron chi connectivity index (χ4n) is 1.68. The number of nitrogens with two attached hydrogens (primary N) is 1. The molecule has 0 saturated carbocycles. The SMILES string of the molecule is COCCOc1ccc(C[C@H](N)C(=O)OC(C)(C)C)cc1. The van der Waals surface area contributed by atoms with Crippen LogP contribution in [0.15, 0.2) is 24.3 Å². The van der Waals surface area contributed by atoms with Gasteiger partial charge in [-0.15, -0.1) is 0 Å². The van der Waals surface area contributed by atoms with Gasteiger partial charge in [0.1, 0.15) is 24.0 Å². The Bertz CT molecular complexity index is 437. The van der Waals surface area contributed by atoms with Crippen molar-refractivity contribution in [1.82, 2.24) is 0 Å². The third-order valence-electron chi connectivity index (χ3n) is 2.64. The standard InChI is InChI=1S/C16H25NO4/c1-16(2,3)21-15(18)14(17)11-12-5-7-13(8-6-12)20-10-9-19-4/h5-8,14H,9-11,17H2,1-4H3/t14-/m0/s1. The van der Waals surface area contributed by atoms with Crippen LogP contribution in [0.4, 0.5) is 0 Å². The zero-order valence-electron chi connectivity index (χ0n) is 13.2. The second-order valence-corrected chi connectivity index (χ2v) is 5.83. The third-order valence-corrected chi connectivity index (χ3v) is 2.64. The monoisotopic (exact) mass is 295 g/mol. The van der Waals surface area contributed by atoms with Gasteiger partial charge >= 0.3 is 5.97 Å². The highest BCUT2D eigenvalue weighted by molar-refractivity contribution is 5.76. The molecule has 0 radical (unpaired) electrons. The summed E-state index contributed by atoms with van der Waals surface area (Å²) in [5.41, 5.74) is 6.32. The maximum absolute atomic E-state index is 11.8. The number of methoxy groups -OCH3 is 1. The first-order valence-corrected chi connectivity index (χ1v) is 7.01. The van der Waals surface area contributed by atoms with Gasteiger partial charge in [0.15, 0.2) is 0 Å². The van der Waals surface area contributed by atoms with E-state index in [9.17, 15) is 4.79 Å². The fraction of sp³-hybridized carbons (Fsp3) is 0.562. The van der Waals surface area contributed by atoms with Crippen LogP contribution in [0.2, 0.25) is 0 Å². The molecule has 0 saturated heterocycles. The molecule has 118 valence electrons. The Morgan fingerprint density at radius 1 is 1.19 bits per heavy atom. The van der Waals surface area contributed by atoms with Crippen LogP contribution >= 0.6 is 0 Å². The molecular formula is C16H25NO4. The lowest BCUT2D eigenvalue weighted by molar-refractivity contribution is -0.156. The molecule has 1 aromatic rings. The minimum absolute atomic E-state index is 0.386. The van der Waals surface area contributed by atoms with Crippen molar-refractivity contribution in [3.63, 3.8) is 0 Å². The second-order valence-electron chi connectivity index (χ2n) is 5.83. The van der Waals surface area contributed by atoms with E-state index in [0.717, 1.165) is 11.3 Å². The molecule has 5 nitrogen and oxygen atoms in total. The van der Waals surface area contributed by atoms with Crippen LogP contribution in [0, 0.1) is 0 Å². The van der Waals surface area contributed by atoms with Crippen LogP contribution in [0.5, 0.6) is 5.75 Å². The van der Waals surface area contributed by atoms with Crippen molar-refractivity contribution in [2.24, 2.45) is 5.73 Å². The molecule has 1 aromatic carbocycles. The van der Waals surface area contributed by atoms with E-state index in [1.807, 2.05) is 45.0 Å². The Kier molecular flexibility index (Phi) is 6.65. The second kappa shape index (κ2) is 8.00. The maximum atomic E-state index is 11.8. The number of benzene rings is 1. The summed E-state index contributed by atoms with van der Waals surface area (Å²) < 4.78 is 15.6. The molecule has 0 aromatic heterocycles. The summed E-state index contributed by atoms with van der Waals surface area (Å²) in [6.45, 7) is 6.52. The first-order chi connectivity index (χ1) is 9.81. The van der Waals surface area contributed by atoms with E-state index in [1.54, 1.807) is 7.11 Å². The summed E-state index contributed by atoms with van der Waals surface area (Å²) >= 11 is 0. The van der Waals surface area contributed by atoms with E-state index in [4.69, 9.17) is 19.9 Å². The highest BCUT2D eigenvalue weighted by Crippen LogP contribution is 2.14. The highest BCUT2D eigenvalue weighted by Gasteiger charge is 2.22. The lowest BCUT2D eigenvalue weighted by atomic mass is 10.1. The molecular weight excluding hydrogens is 270 g/mol. The van der Waals surface area contributed by atoms with Crippen LogP contribution in [0.25, 0.3) is 0 Å². The summed E-state index contributed by atoms with van der Waals surface area (Å²) in [5, 5.41) is 0. The summed E-state index contributed by atoms with van der Waals surface area (Å²) in [6, 6.07) is 6.84. The van der Waals surface area contributed by atoms with Crippen LogP contribution in [-0.4, -0.2) is 37.9 Å². The van der Waals surface area contributed by atoms with Gasteiger partial charge in [-0.05, 0) is 44.9 Å². The number of esters is 1. The maximum Gasteiger partial charge on any atom is 0.323 e. The Morgan fingerprint density at radius 2 is 1.81 bits per heavy atom. The number of hydrogen-bond acceptors (Lipinski definition) is 5. The van der Waals surface area contributed by atoms with Gasteiger partial charge in [-0.1, -0.05) is 12.1 Å². The van der Waals surface area contributed by atoms with E-state index in [0.29, 0.717) is 19.6 Å². The van der Waals surface area contributed by atoms with Gasteiger partial charge in [-0.2, -0.15) is 0 Å². The van der Waals surface area contributed by atoms with Gasteiger partial charge in [0.05, 0.1) is 6.61 Å². The third kappa shape index (κ3) is 7.11. The lowest BCUT2D eigenvalue weighted by Gasteiger charge is -2.22. The van der Waals surface area contributed by atoms with Gasteiger partial charge in [0.25, 0.3) is 0 Å². The number of carbonyl (C=O) groups is 1. The molecule has 0 spiro atoms. The largest absolute Gasteiger partial charge is 0.491 e. The molecule has 1 atom stereocenters. The highest BCUT2D eigenvalue weighted by atomic mass is 16.6.